The van der Waals surface area contributed by atoms with Crippen LogP contribution < -0.4 is 5.32 Å². The number of aryl methyl sites for hydroxylation is 1. The summed E-state index contributed by atoms with van der Waals surface area (Å²) in [5.41, 5.74) is 2.38. The summed E-state index contributed by atoms with van der Waals surface area (Å²) in [6, 6.07) is 8.81. The molecule has 1 N–H and O–H groups in total. The van der Waals surface area contributed by atoms with Gasteiger partial charge in [-0.2, -0.15) is 0 Å². The van der Waals surface area contributed by atoms with Gasteiger partial charge in [-0.3, -0.25) is 4.79 Å². The van der Waals surface area contributed by atoms with Gasteiger partial charge in [-0.25, -0.2) is 0 Å². The maximum atomic E-state index is 11.7. The highest BCUT2D eigenvalue weighted by atomic mass is 16.1. The molecule has 1 aliphatic rings. The van der Waals surface area contributed by atoms with E-state index in [1.807, 2.05) is 18.2 Å². The fourth-order valence-corrected chi connectivity index (χ4v) is 1.81. The number of hydrogen-bond donors (Lipinski definition) is 1. The standard InChI is InChI=1S/C14H19NO/c1-11-4-2-3-5-12(11)10-14(16)8-9-15-13-6-7-13/h2-5,13,15H,6-10H2,1H3. The zero-order valence-electron chi connectivity index (χ0n) is 9.83. The van der Waals surface area contributed by atoms with Crippen molar-refractivity contribution < 1.29 is 4.79 Å². The molecule has 16 heavy (non-hydrogen) atoms. The van der Waals surface area contributed by atoms with Gasteiger partial charge in [-0.15, -0.1) is 0 Å². The van der Waals surface area contributed by atoms with Crippen molar-refractivity contribution in [1.82, 2.24) is 5.32 Å². The molecule has 0 atom stereocenters. The predicted octanol–water partition coefficient (Wildman–Crippen LogP) is 2.25. The topological polar surface area (TPSA) is 29.1 Å². The van der Waals surface area contributed by atoms with Crippen molar-refractivity contribution in [2.75, 3.05) is 6.54 Å². The third kappa shape index (κ3) is 3.46. The Kier molecular flexibility index (Phi) is 3.73. The zero-order chi connectivity index (χ0) is 11.4. The molecule has 0 spiro atoms. The van der Waals surface area contributed by atoms with Crippen LogP contribution in [0.5, 0.6) is 0 Å². The molecule has 0 heterocycles. The van der Waals surface area contributed by atoms with Gasteiger partial charge in [0.15, 0.2) is 0 Å². The molecule has 1 fully saturated rings. The van der Waals surface area contributed by atoms with E-state index in [0.29, 0.717) is 24.7 Å². The van der Waals surface area contributed by atoms with E-state index in [-0.39, 0.29) is 0 Å². The van der Waals surface area contributed by atoms with Crippen molar-refractivity contribution in [3.05, 3.63) is 35.4 Å². The van der Waals surface area contributed by atoms with Gasteiger partial charge in [0.25, 0.3) is 0 Å². The first-order valence-corrected chi connectivity index (χ1v) is 6.05. The quantitative estimate of drug-likeness (QED) is 0.792. The van der Waals surface area contributed by atoms with E-state index < -0.39 is 0 Å². The van der Waals surface area contributed by atoms with E-state index in [0.717, 1.165) is 6.54 Å². The number of rotatable bonds is 6. The Morgan fingerprint density at radius 1 is 1.38 bits per heavy atom. The molecule has 1 saturated carbocycles. The third-order valence-electron chi connectivity index (χ3n) is 3.06. The average Bonchev–Trinajstić information content (AvgIpc) is 3.05. The second-order valence-electron chi connectivity index (χ2n) is 4.62. The lowest BCUT2D eigenvalue weighted by molar-refractivity contribution is -0.118. The monoisotopic (exact) mass is 217 g/mol. The second-order valence-corrected chi connectivity index (χ2v) is 4.62. The number of carbonyl (C=O) groups is 1. The number of benzene rings is 1. The Labute approximate surface area is 97.1 Å². The normalized spacial score (nSPS) is 15.1. The van der Waals surface area contributed by atoms with E-state index in [1.165, 1.54) is 24.0 Å². The highest BCUT2D eigenvalue weighted by Crippen LogP contribution is 2.18. The number of Topliss-reactive ketones (excluding diaryl/α,β-unsaturated/α-hetero) is 1. The molecule has 2 nitrogen and oxygen atoms in total. The lowest BCUT2D eigenvalue weighted by atomic mass is 10.0. The predicted molar refractivity (Wildman–Crippen MR) is 65.5 cm³/mol. The molecule has 86 valence electrons. The van der Waals surface area contributed by atoms with Crippen molar-refractivity contribution in [2.45, 2.75) is 38.6 Å². The van der Waals surface area contributed by atoms with Crippen LogP contribution in [0.4, 0.5) is 0 Å². The minimum atomic E-state index is 0.336. The van der Waals surface area contributed by atoms with Crippen LogP contribution in [-0.2, 0) is 11.2 Å². The maximum Gasteiger partial charge on any atom is 0.138 e. The first-order valence-electron chi connectivity index (χ1n) is 6.05. The number of carbonyl (C=O) groups excluding carboxylic acids is 1. The van der Waals surface area contributed by atoms with Crippen molar-refractivity contribution >= 4 is 5.78 Å². The summed E-state index contributed by atoms with van der Waals surface area (Å²) in [4.78, 5) is 11.7. The Balaban J connectivity index is 1.75. The summed E-state index contributed by atoms with van der Waals surface area (Å²) in [5.74, 6) is 0.336. The molecule has 0 aliphatic heterocycles. The Morgan fingerprint density at radius 3 is 2.81 bits per heavy atom. The second kappa shape index (κ2) is 5.26. The average molecular weight is 217 g/mol. The molecule has 1 aromatic rings. The molecule has 2 rings (SSSR count). The van der Waals surface area contributed by atoms with Gasteiger partial charge in [0.1, 0.15) is 5.78 Å². The molecule has 0 aromatic heterocycles. The van der Waals surface area contributed by atoms with E-state index in [2.05, 4.69) is 18.3 Å². The van der Waals surface area contributed by atoms with E-state index in [4.69, 9.17) is 0 Å². The molecule has 0 saturated heterocycles. The summed E-state index contributed by atoms with van der Waals surface area (Å²) in [7, 11) is 0. The number of nitrogens with one attached hydrogen (secondary N) is 1. The minimum Gasteiger partial charge on any atom is -0.314 e. The van der Waals surface area contributed by atoms with Gasteiger partial charge >= 0.3 is 0 Å². The summed E-state index contributed by atoms with van der Waals surface area (Å²) < 4.78 is 0. The Morgan fingerprint density at radius 2 is 2.12 bits per heavy atom. The summed E-state index contributed by atoms with van der Waals surface area (Å²) >= 11 is 0. The van der Waals surface area contributed by atoms with Gasteiger partial charge in [0.2, 0.25) is 0 Å². The van der Waals surface area contributed by atoms with Crippen LogP contribution in [0, 0.1) is 6.92 Å². The van der Waals surface area contributed by atoms with Crippen molar-refractivity contribution in [3.63, 3.8) is 0 Å². The molecule has 0 unspecified atom stereocenters. The zero-order valence-corrected chi connectivity index (χ0v) is 9.83. The molecule has 0 bridgehead atoms. The SMILES string of the molecule is Cc1ccccc1CC(=O)CCNC1CC1. The van der Waals surface area contributed by atoms with E-state index in [1.54, 1.807) is 0 Å². The minimum absolute atomic E-state index is 0.336. The lowest BCUT2D eigenvalue weighted by Gasteiger charge is -2.05. The third-order valence-corrected chi connectivity index (χ3v) is 3.06. The largest absolute Gasteiger partial charge is 0.314 e. The maximum absolute atomic E-state index is 11.7. The van der Waals surface area contributed by atoms with Crippen molar-refractivity contribution in [1.29, 1.82) is 0 Å². The van der Waals surface area contributed by atoms with E-state index in [9.17, 15) is 4.79 Å². The van der Waals surface area contributed by atoms with Gasteiger partial charge in [-0.1, -0.05) is 24.3 Å². The van der Waals surface area contributed by atoms with Crippen LogP contribution in [0.15, 0.2) is 24.3 Å². The molecule has 1 aromatic carbocycles. The van der Waals surface area contributed by atoms with Gasteiger partial charge in [0.05, 0.1) is 0 Å². The summed E-state index contributed by atoms with van der Waals surface area (Å²) in [6.45, 7) is 2.90. The van der Waals surface area contributed by atoms with Gasteiger partial charge in [0, 0.05) is 25.4 Å². The first kappa shape index (κ1) is 11.3. The highest BCUT2D eigenvalue weighted by Gasteiger charge is 2.20. The summed E-state index contributed by atoms with van der Waals surface area (Å²) in [6.07, 6.45) is 3.81. The van der Waals surface area contributed by atoms with Crippen LogP contribution in [0.1, 0.15) is 30.4 Å². The molecule has 0 radical (unpaired) electrons. The van der Waals surface area contributed by atoms with E-state index >= 15 is 0 Å². The number of ketones is 1. The molecule has 2 heteroatoms. The fraction of sp³-hybridized carbons (Fsp3) is 0.500. The van der Waals surface area contributed by atoms with Crippen LogP contribution >= 0.6 is 0 Å². The van der Waals surface area contributed by atoms with Crippen molar-refractivity contribution in [2.24, 2.45) is 0 Å². The lowest BCUT2D eigenvalue weighted by Crippen LogP contribution is -2.21. The van der Waals surface area contributed by atoms with Crippen LogP contribution in [0.3, 0.4) is 0 Å². The highest BCUT2D eigenvalue weighted by molar-refractivity contribution is 5.81. The summed E-state index contributed by atoms with van der Waals surface area (Å²) in [5, 5.41) is 3.37. The van der Waals surface area contributed by atoms with Gasteiger partial charge in [-0.05, 0) is 30.9 Å². The smallest absolute Gasteiger partial charge is 0.138 e. The van der Waals surface area contributed by atoms with Crippen LogP contribution in [0.2, 0.25) is 0 Å². The molecular weight excluding hydrogens is 198 g/mol. The molecule has 1 aliphatic carbocycles. The van der Waals surface area contributed by atoms with Crippen LogP contribution in [-0.4, -0.2) is 18.4 Å². The molecule has 0 amide bonds. The Bertz CT molecular complexity index is 369. The van der Waals surface area contributed by atoms with Gasteiger partial charge < -0.3 is 5.32 Å². The Hall–Kier alpha value is -1.15. The van der Waals surface area contributed by atoms with Crippen LogP contribution in [0.25, 0.3) is 0 Å². The molecular formula is C14H19NO. The fourth-order valence-electron chi connectivity index (χ4n) is 1.81. The van der Waals surface area contributed by atoms with Crippen molar-refractivity contribution in [3.8, 4) is 0 Å². The number of hydrogen-bond acceptors (Lipinski definition) is 2. The first-order chi connectivity index (χ1) is 7.75.